The second kappa shape index (κ2) is 8.55. The Labute approximate surface area is 138 Å². The Balaban J connectivity index is 1.99. The minimum Gasteiger partial charge on any atom is -0.740 e. The van der Waals surface area contributed by atoms with Crippen molar-refractivity contribution in [3.05, 3.63) is 53.6 Å². The van der Waals surface area contributed by atoms with Crippen LogP contribution in [-0.4, -0.2) is 23.0 Å². The molecule has 0 heterocycles. The topological polar surface area (TPSA) is 67.8 Å². The molecule has 0 saturated heterocycles. The molecule has 2 aromatic rings. The van der Waals surface area contributed by atoms with Crippen LogP contribution < -0.4 is 13.7 Å². The molecule has 6 heteroatoms. The maximum absolute atomic E-state index is 10.7. The van der Waals surface area contributed by atoms with Gasteiger partial charge in [-0.25, -0.2) is 4.21 Å². The Morgan fingerprint density at radius 2 is 1.70 bits per heavy atom. The monoisotopic (exact) mass is 335 g/mol. The normalized spacial score (nSPS) is 11.8. The van der Waals surface area contributed by atoms with Crippen molar-refractivity contribution in [1.82, 2.24) is 0 Å². The third-order valence-electron chi connectivity index (χ3n) is 3.49. The van der Waals surface area contributed by atoms with Crippen LogP contribution in [-0.2, 0) is 24.2 Å². The van der Waals surface area contributed by atoms with E-state index in [1.807, 2.05) is 30.3 Å². The van der Waals surface area contributed by atoms with Gasteiger partial charge in [-0.15, -0.1) is 0 Å². The summed E-state index contributed by atoms with van der Waals surface area (Å²) >= 11 is -2.56. The zero-order chi connectivity index (χ0) is 16.7. The molecule has 0 spiro atoms. The van der Waals surface area contributed by atoms with Gasteiger partial charge in [0.2, 0.25) is 0 Å². The highest BCUT2D eigenvalue weighted by Crippen LogP contribution is 2.28. The molecule has 1 unspecified atom stereocenters. The summed E-state index contributed by atoms with van der Waals surface area (Å²) in [7, 11) is 3.21. The first kappa shape index (κ1) is 17.3. The third kappa shape index (κ3) is 4.97. The summed E-state index contributed by atoms with van der Waals surface area (Å²) in [4.78, 5) is 0. The van der Waals surface area contributed by atoms with Crippen LogP contribution in [0, 0.1) is 0 Å². The molecule has 1 atom stereocenters. The molecule has 0 N–H and O–H groups in total. The lowest BCUT2D eigenvalue weighted by atomic mass is 10.0. The van der Waals surface area contributed by atoms with E-state index in [1.54, 1.807) is 26.4 Å². The maximum Gasteiger partial charge on any atom is 0.160 e. The first-order chi connectivity index (χ1) is 11.1. The summed E-state index contributed by atoms with van der Waals surface area (Å²) in [5.41, 5.74) is 2.01. The number of methoxy groups -OCH3 is 2. The van der Waals surface area contributed by atoms with Crippen LogP contribution in [0.5, 0.6) is 17.2 Å². The average Bonchev–Trinajstić information content (AvgIpc) is 2.55. The minimum absolute atomic E-state index is 0.383. The van der Waals surface area contributed by atoms with Gasteiger partial charge < -0.3 is 18.2 Å². The summed E-state index contributed by atoms with van der Waals surface area (Å²) in [6.07, 6.45) is 2.43. The van der Waals surface area contributed by atoms with Gasteiger partial charge in [0.1, 0.15) is 17.1 Å². The second-order valence-electron chi connectivity index (χ2n) is 4.94. The summed E-state index contributed by atoms with van der Waals surface area (Å²) < 4.78 is 36.7. The summed E-state index contributed by atoms with van der Waals surface area (Å²) in [5.74, 6) is 1.79. The van der Waals surface area contributed by atoms with Gasteiger partial charge in [0.25, 0.3) is 0 Å². The van der Waals surface area contributed by atoms with E-state index in [1.165, 1.54) is 0 Å². The number of benzene rings is 2. The first-order valence-corrected chi connectivity index (χ1v) is 8.20. The third-order valence-corrected chi connectivity index (χ3v) is 3.81. The Morgan fingerprint density at radius 3 is 2.39 bits per heavy atom. The summed E-state index contributed by atoms with van der Waals surface area (Å²) in [6, 6.07) is 13.0. The standard InChI is InChI=1S/C17H20O5S/c1-20-16-11-10-13(12-17(16)21-2)6-5-8-14-7-3-4-9-15(14)22-23(18)19/h3-4,7,9-12H,5-6,8H2,1-2H3,(H,18,19)/p-1. The van der Waals surface area contributed by atoms with E-state index in [0.29, 0.717) is 17.2 Å². The van der Waals surface area contributed by atoms with Crippen LogP contribution in [0.1, 0.15) is 17.5 Å². The van der Waals surface area contributed by atoms with Crippen LogP contribution in [0.2, 0.25) is 0 Å². The van der Waals surface area contributed by atoms with E-state index >= 15 is 0 Å². The number of hydrogen-bond acceptors (Lipinski definition) is 5. The minimum atomic E-state index is -2.56. The van der Waals surface area contributed by atoms with Gasteiger partial charge in [0.05, 0.1) is 14.2 Å². The lowest BCUT2D eigenvalue weighted by molar-refractivity contribution is 0.354. The van der Waals surface area contributed by atoms with Gasteiger partial charge in [-0.1, -0.05) is 24.3 Å². The van der Waals surface area contributed by atoms with Gasteiger partial charge in [0, 0.05) is 0 Å². The molecule has 0 bridgehead atoms. The van der Waals surface area contributed by atoms with Crippen molar-refractivity contribution in [1.29, 1.82) is 0 Å². The SMILES string of the molecule is COc1ccc(CCCc2ccccc2OS(=O)[O-])cc1OC. The lowest BCUT2D eigenvalue weighted by Crippen LogP contribution is -2.01. The van der Waals surface area contributed by atoms with Crippen molar-refractivity contribution < 1.29 is 22.4 Å². The summed E-state index contributed by atoms with van der Waals surface area (Å²) in [5, 5.41) is 0. The smallest absolute Gasteiger partial charge is 0.160 e. The average molecular weight is 335 g/mol. The van der Waals surface area contributed by atoms with Gasteiger partial charge in [0.15, 0.2) is 11.5 Å². The molecule has 0 amide bonds. The predicted molar refractivity (Wildman–Crippen MR) is 87.6 cm³/mol. The molecule has 2 rings (SSSR count). The van der Waals surface area contributed by atoms with Crippen LogP contribution >= 0.6 is 0 Å². The molecule has 0 radical (unpaired) electrons. The molecule has 0 aliphatic rings. The van der Waals surface area contributed by atoms with E-state index in [9.17, 15) is 8.76 Å². The molecule has 0 aliphatic carbocycles. The molecule has 5 nitrogen and oxygen atoms in total. The van der Waals surface area contributed by atoms with Gasteiger partial charge in [-0.05, 0) is 48.6 Å². The molecule has 124 valence electrons. The highest BCUT2D eigenvalue weighted by molar-refractivity contribution is 7.74. The molecule has 0 aliphatic heterocycles. The van der Waals surface area contributed by atoms with Crippen LogP contribution in [0.25, 0.3) is 0 Å². The fourth-order valence-electron chi connectivity index (χ4n) is 2.38. The number of rotatable bonds is 8. The Hall–Kier alpha value is -2.05. The van der Waals surface area contributed by atoms with Crippen LogP contribution in [0.4, 0.5) is 0 Å². The van der Waals surface area contributed by atoms with Crippen molar-refractivity contribution in [2.75, 3.05) is 14.2 Å². The van der Waals surface area contributed by atoms with Crippen LogP contribution in [0.3, 0.4) is 0 Å². The van der Waals surface area contributed by atoms with Crippen molar-refractivity contribution in [2.24, 2.45) is 0 Å². The maximum atomic E-state index is 10.7. The van der Waals surface area contributed by atoms with Gasteiger partial charge in [-0.3, -0.25) is 0 Å². The molecule has 2 aromatic carbocycles. The Kier molecular flexibility index (Phi) is 6.43. The van der Waals surface area contributed by atoms with E-state index < -0.39 is 11.4 Å². The van der Waals surface area contributed by atoms with Crippen LogP contribution in [0.15, 0.2) is 42.5 Å². The second-order valence-corrected chi connectivity index (χ2v) is 5.51. The first-order valence-electron chi connectivity index (χ1n) is 7.20. The van der Waals surface area contributed by atoms with E-state index in [4.69, 9.17) is 13.7 Å². The molecule has 23 heavy (non-hydrogen) atoms. The predicted octanol–water partition coefficient (Wildman–Crippen LogP) is 3.05. The zero-order valence-corrected chi connectivity index (χ0v) is 13.9. The van der Waals surface area contributed by atoms with Crippen molar-refractivity contribution >= 4 is 11.4 Å². The Bertz CT molecular complexity index is 672. The molecule has 0 fully saturated rings. The molecular weight excluding hydrogens is 316 g/mol. The van der Waals surface area contributed by atoms with Crippen molar-refractivity contribution in [2.45, 2.75) is 19.3 Å². The highest BCUT2D eigenvalue weighted by atomic mass is 32.2. The highest BCUT2D eigenvalue weighted by Gasteiger charge is 2.06. The van der Waals surface area contributed by atoms with Crippen molar-refractivity contribution in [3.8, 4) is 17.2 Å². The Morgan fingerprint density at radius 1 is 0.957 bits per heavy atom. The number of hydrogen-bond donors (Lipinski definition) is 0. The number of para-hydroxylation sites is 1. The summed E-state index contributed by atoms with van der Waals surface area (Å²) in [6.45, 7) is 0. The molecule has 0 aromatic heterocycles. The number of ether oxygens (including phenoxy) is 2. The lowest BCUT2D eigenvalue weighted by Gasteiger charge is -2.12. The number of aryl methyl sites for hydroxylation is 2. The fraction of sp³-hybridized carbons (Fsp3) is 0.294. The van der Waals surface area contributed by atoms with Gasteiger partial charge >= 0.3 is 0 Å². The zero-order valence-electron chi connectivity index (χ0n) is 13.1. The van der Waals surface area contributed by atoms with Crippen molar-refractivity contribution in [3.63, 3.8) is 0 Å². The molecular formula is C17H19O5S-. The van der Waals surface area contributed by atoms with Gasteiger partial charge in [-0.2, -0.15) is 0 Å². The quantitative estimate of drug-likeness (QED) is 0.694. The largest absolute Gasteiger partial charge is 0.740 e. The van der Waals surface area contributed by atoms with E-state index in [-0.39, 0.29) is 0 Å². The molecule has 0 saturated carbocycles. The van der Waals surface area contributed by atoms with E-state index in [2.05, 4.69) is 0 Å². The van der Waals surface area contributed by atoms with E-state index in [0.717, 1.165) is 30.4 Å². The fourth-order valence-corrected chi connectivity index (χ4v) is 2.69.